The average molecular weight is 269 g/mol. The lowest BCUT2D eigenvalue weighted by atomic mass is 10.1. The van der Waals surface area contributed by atoms with Gasteiger partial charge in [0.05, 0.1) is 11.5 Å². The van der Waals surface area contributed by atoms with E-state index >= 15 is 0 Å². The minimum atomic E-state index is -2.80. The van der Waals surface area contributed by atoms with Crippen LogP contribution in [0.3, 0.4) is 0 Å². The molecule has 1 aromatic rings. The van der Waals surface area contributed by atoms with Crippen molar-refractivity contribution in [3.05, 3.63) is 29.3 Å². The van der Waals surface area contributed by atoms with E-state index in [-0.39, 0.29) is 23.3 Å². The Balaban J connectivity index is 1.90. The van der Waals surface area contributed by atoms with Gasteiger partial charge in [-0.1, -0.05) is 17.7 Å². The molecule has 2 rings (SSSR count). The Hall–Kier alpha value is -1.07. The van der Waals surface area contributed by atoms with Crippen LogP contribution in [0.2, 0.25) is 0 Å². The third-order valence-corrected chi connectivity index (χ3v) is 5.09. The molecule has 1 aliphatic rings. The molecule has 0 aromatic heterocycles. The Morgan fingerprint density at radius 2 is 2.00 bits per heavy atom. The van der Waals surface area contributed by atoms with Gasteiger partial charge in [-0.3, -0.25) is 0 Å². The minimum absolute atomic E-state index is 0.230. The number of phenolic OH excluding ortho intramolecular Hbond substituents is 1. The van der Waals surface area contributed by atoms with Crippen molar-refractivity contribution in [2.24, 2.45) is 0 Å². The van der Waals surface area contributed by atoms with Gasteiger partial charge in [-0.25, -0.2) is 8.42 Å². The van der Waals surface area contributed by atoms with Gasteiger partial charge >= 0.3 is 0 Å². The predicted molar refractivity (Wildman–Crippen MR) is 71.4 cm³/mol. The summed E-state index contributed by atoms with van der Waals surface area (Å²) in [6.45, 7) is 2.56. The first kappa shape index (κ1) is 13.4. The molecule has 0 unspecified atom stereocenters. The third-order valence-electron chi connectivity index (χ3n) is 3.37. The largest absolute Gasteiger partial charge is 0.508 e. The molecule has 100 valence electrons. The Labute approximate surface area is 108 Å². The van der Waals surface area contributed by atoms with Crippen LogP contribution in [0.25, 0.3) is 0 Å². The fourth-order valence-electron chi connectivity index (χ4n) is 2.20. The summed E-state index contributed by atoms with van der Waals surface area (Å²) in [5.41, 5.74) is 1.97. The smallest absolute Gasteiger partial charge is 0.150 e. The summed E-state index contributed by atoms with van der Waals surface area (Å²) >= 11 is 0. The number of benzene rings is 1. The Kier molecular flexibility index (Phi) is 3.92. The Morgan fingerprint density at radius 3 is 2.67 bits per heavy atom. The van der Waals surface area contributed by atoms with Crippen LogP contribution in [0, 0.1) is 6.92 Å². The van der Waals surface area contributed by atoms with E-state index in [4.69, 9.17) is 0 Å². The molecule has 0 spiro atoms. The second-order valence-corrected chi connectivity index (χ2v) is 7.24. The maximum absolute atomic E-state index is 11.3. The molecule has 1 aromatic carbocycles. The Morgan fingerprint density at radius 1 is 1.33 bits per heavy atom. The molecule has 4 nitrogen and oxygen atoms in total. The molecular formula is C13H19NO3S. The topological polar surface area (TPSA) is 66.4 Å². The van der Waals surface area contributed by atoms with Crippen LogP contribution >= 0.6 is 0 Å². The summed E-state index contributed by atoms with van der Waals surface area (Å²) in [6.07, 6.45) is 1.32. The van der Waals surface area contributed by atoms with Crippen molar-refractivity contribution in [1.29, 1.82) is 0 Å². The first-order valence-electron chi connectivity index (χ1n) is 6.18. The molecule has 1 heterocycles. The molecule has 0 aliphatic carbocycles. The van der Waals surface area contributed by atoms with Gasteiger partial charge in [0.25, 0.3) is 0 Å². The molecule has 0 radical (unpaired) electrons. The third kappa shape index (κ3) is 3.46. The molecule has 2 N–H and O–H groups in total. The molecule has 1 saturated heterocycles. The Bertz CT molecular complexity index is 511. The van der Waals surface area contributed by atoms with E-state index in [1.165, 1.54) is 0 Å². The maximum Gasteiger partial charge on any atom is 0.150 e. The van der Waals surface area contributed by atoms with Gasteiger partial charge in [-0.2, -0.15) is 0 Å². The highest BCUT2D eigenvalue weighted by molar-refractivity contribution is 7.91. The lowest BCUT2D eigenvalue weighted by Crippen LogP contribution is -2.37. The highest BCUT2D eigenvalue weighted by Gasteiger charge is 2.23. The molecule has 0 atom stereocenters. The lowest BCUT2D eigenvalue weighted by molar-refractivity contribution is 0.440. The van der Waals surface area contributed by atoms with E-state index in [1.54, 1.807) is 6.07 Å². The van der Waals surface area contributed by atoms with E-state index in [0.29, 0.717) is 19.4 Å². The highest BCUT2D eigenvalue weighted by atomic mass is 32.2. The van der Waals surface area contributed by atoms with Crippen LogP contribution in [-0.2, 0) is 16.4 Å². The molecule has 1 fully saturated rings. The van der Waals surface area contributed by atoms with Crippen molar-refractivity contribution in [3.8, 4) is 5.75 Å². The fourth-order valence-corrected chi connectivity index (χ4v) is 3.70. The van der Waals surface area contributed by atoms with Crippen LogP contribution in [0.5, 0.6) is 5.75 Å². The molecule has 0 saturated carbocycles. The number of rotatable bonds is 3. The highest BCUT2D eigenvalue weighted by Crippen LogP contribution is 2.19. The van der Waals surface area contributed by atoms with Gasteiger partial charge in [-0.15, -0.1) is 0 Å². The number of nitrogens with one attached hydrogen (secondary N) is 1. The van der Waals surface area contributed by atoms with Crippen LogP contribution in [0.4, 0.5) is 0 Å². The average Bonchev–Trinajstić information content (AvgIpc) is 2.32. The van der Waals surface area contributed by atoms with Gasteiger partial charge in [0, 0.05) is 18.2 Å². The second-order valence-electron chi connectivity index (χ2n) is 4.94. The summed E-state index contributed by atoms with van der Waals surface area (Å²) in [5.74, 6) is 0.825. The SMILES string of the molecule is Cc1ccc(O)c(CNC2CCS(=O)(=O)CC2)c1. The van der Waals surface area contributed by atoms with E-state index in [0.717, 1.165) is 11.1 Å². The number of aryl methyl sites for hydroxylation is 1. The minimum Gasteiger partial charge on any atom is -0.508 e. The number of hydrogen-bond acceptors (Lipinski definition) is 4. The number of sulfone groups is 1. The van der Waals surface area contributed by atoms with E-state index in [1.807, 2.05) is 19.1 Å². The van der Waals surface area contributed by atoms with Crippen molar-refractivity contribution in [2.75, 3.05) is 11.5 Å². The normalized spacial score (nSPS) is 19.8. The first-order valence-corrected chi connectivity index (χ1v) is 8.01. The summed E-state index contributed by atoms with van der Waals surface area (Å²) in [6, 6.07) is 5.74. The summed E-state index contributed by atoms with van der Waals surface area (Å²) in [4.78, 5) is 0. The standard InChI is InChI=1S/C13H19NO3S/c1-10-2-3-13(15)11(8-10)9-14-12-4-6-18(16,17)7-5-12/h2-3,8,12,14-15H,4-7,9H2,1H3. The van der Waals surface area contributed by atoms with Crippen molar-refractivity contribution < 1.29 is 13.5 Å². The van der Waals surface area contributed by atoms with Crippen LogP contribution in [0.15, 0.2) is 18.2 Å². The van der Waals surface area contributed by atoms with Gasteiger partial charge in [0.15, 0.2) is 0 Å². The molecule has 0 amide bonds. The zero-order valence-electron chi connectivity index (χ0n) is 10.5. The predicted octanol–water partition coefficient (Wildman–Crippen LogP) is 1.37. The van der Waals surface area contributed by atoms with Crippen molar-refractivity contribution >= 4 is 9.84 Å². The van der Waals surface area contributed by atoms with Crippen LogP contribution < -0.4 is 5.32 Å². The quantitative estimate of drug-likeness (QED) is 0.869. The molecule has 1 aliphatic heterocycles. The number of phenols is 1. The monoisotopic (exact) mass is 269 g/mol. The van der Waals surface area contributed by atoms with Gasteiger partial charge in [0.2, 0.25) is 0 Å². The van der Waals surface area contributed by atoms with E-state index in [2.05, 4.69) is 5.32 Å². The number of aromatic hydroxyl groups is 1. The zero-order chi connectivity index (χ0) is 13.2. The first-order chi connectivity index (χ1) is 8.46. The van der Waals surface area contributed by atoms with E-state index in [9.17, 15) is 13.5 Å². The van der Waals surface area contributed by atoms with Crippen molar-refractivity contribution in [1.82, 2.24) is 5.32 Å². The van der Waals surface area contributed by atoms with E-state index < -0.39 is 9.84 Å². The lowest BCUT2D eigenvalue weighted by Gasteiger charge is -2.23. The van der Waals surface area contributed by atoms with Crippen LogP contribution in [-0.4, -0.2) is 31.1 Å². The van der Waals surface area contributed by atoms with Crippen molar-refractivity contribution in [2.45, 2.75) is 32.4 Å². The summed E-state index contributed by atoms with van der Waals surface area (Å²) in [5, 5.41) is 13.0. The second kappa shape index (κ2) is 5.28. The fraction of sp³-hybridized carbons (Fsp3) is 0.538. The summed E-state index contributed by atoms with van der Waals surface area (Å²) < 4.78 is 22.6. The van der Waals surface area contributed by atoms with Gasteiger partial charge in [0.1, 0.15) is 15.6 Å². The molecular weight excluding hydrogens is 250 g/mol. The summed E-state index contributed by atoms with van der Waals surface area (Å²) in [7, 11) is -2.80. The molecule has 18 heavy (non-hydrogen) atoms. The maximum atomic E-state index is 11.3. The zero-order valence-corrected chi connectivity index (χ0v) is 11.3. The molecule has 5 heteroatoms. The van der Waals surface area contributed by atoms with Gasteiger partial charge < -0.3 is 10.4 Å². The van der Waals surface area contributed by atoms with Crippen LogP contribution in [0.1, 0.15) is 24.0 Å². The number of hydrogen-bond donors (Lipinski definition) is 2. The van der Waals surface area contributed by atoms with Crippen molar-refractivity contribution in [3.63, 3.8) is 0 Å². The molecule has 0 bridgehead atoms. The van der Waals surface area contributed by atoms with Gasteiger partial charge in [-0.05, 0) is 25.8 Å².